The summed E-state index contributed by atoms with van der Waals surface area (Å²) in [4.78, 5) is 26.1. The predicted molar refractivity (Wildman–Crippen MR) is 108 cm³/mol. The van der Waals surface area contributed by atoms with Gasteiger partial charge in [-0.05, 0) is 35.9 Å². The normalized spacial score (nSPS) is 11.3. The van der Waals surface area contributed by atoms with Gasteiger partial charge in [-0.2, -0.15) is 0 Å². The van der Waals surface area contributed by atoms with Gasteiger partial charge >= 0.3 is 0 Å². The molecule has 1 N–H and O–H groups in total. The zero-order chi connectivity index (χ0) is 20.9. The molecule has 2 aromatic carbocycles. The smallest absolute Gasteiger partial charge is 0.251 e. The topological polar surface area (TPSA) is 86.8 Å². The number of amides is 2. The number of benzene rings is 2. The molecule has 0 aliphatic rings. The molecule has 0 heterocycles. The first-order valence-electron chi connectivity index (χ1n) is 8.40. The average molecular weight is 424 g/mol. The molecule has 7 nitrogen and oxygen atoms in total. The van der Waals surface area contributed by atoms with E-state index in [1.54, 1.807) is 25.2 Å². The lowest BCUT2D eigenvalue weighted by Gasteiger charge is -2.18. The van der Waals surface area contributed by atoms with Gasteiger partial charge in [0.1, 0.15) is 0 Å². The number of hydrogen-bond donors (Lipinski definition) is 1. The predicted octanol–water partition coefficient (Wildman–Crippen LogP) is 1.98. The van der Waals surface area contributed by atoms with E-state index in [0.29, 0.717) is 11.6 Å². The lowest BCUT2D eigenvalue weighted by molar-refractivity contribution is -0.129. The molecule has 2 rings (SSSR count). The van der Waals surface area contributed by atoms with Gasteiger partial charge in [-0.15, -0.1) is 0 Å². The van der Waals surface area contributed by atoms with Crippen molar-refractivity contribution in [3.63, 3.8) is 0 Å². The summed E-state index contributed by atoms with van der Waals surface area (Å²) in [7, 11) is 0.803. The van der Waals surface area contributed by atoms with Crippen LogP contribution in [0.4, 0.5) is 0 Å². The molecule has 0 aliphatic heterocycles. The Bertz CT molecular complexity index is 977. The largest absolute Gasteiger partial charge is 0.343 e. The molecule has 0 aliphatic carbocycles. The number of carbonyl (C=O) groups is 2. The van der Waals surface area contributed by atoms with E-state index in [-0.39, 0.29) is 22.9 Å². The summed E-state index contributed by atoms with van der Waals surface area (Å²) < 4.78 is 25.4. The second-order valence-corrected chi connectivity index (χ2v) is 8.97. The van der Waals surface area contributed by atoms with E-state index in [9.17, 15) is 18.0 Å². The van der Waals surface area contributed by atoms with Crippen LogP contribution in [0.15, 0.2) is 53.4 Å². The minimum absolute atomic E-state index is 0.00884. The standard InChI is InChI=1S/C19H22ClN3O4S/c1-22(2)28(26,27)17-9-5-7-15(11-17)19(25)21-12-18(24)23(3)13-14-6-4-8-16(20)10-14/h4-11H,12-13H2,1-3H3,(H,21,25). The number of hydrogen-bond acceptors (Lipinski definition) is 4. The van der Waals surface area contributed by atoms with Crippen molar-refractivity contribution in [1.82, 2.24) is 14.5 Å². The number of likely N-dealkylation sites (N-methyl/N-ethyl adjacent to an activating group) is 1. The molecule has 0 unspecified atom stereocenters. The third-order valence-electron chi connectivity index (χ3n) is 4.01. The summed E-state index contributed by atoms with van der Waals surface area (Å²) in [5, 5.41) is 3.10. The molecule has 0 atom stereocenters. The van der Waals surface area contributed by atoms with Crippen molar-refractivity contribution in [2.24, 2.45) is 0 Å². The molecule has 0 saturated carbocycles. The molecule has 2 aromatic rings. The fraction of sp³-hybridized carbons (Fsp3) is 0.263. The van der Waals surface area contributed by atoms with E-state index in [2.05, 4.69) is 5.32 Å². The number of rotatable bonds is 7. The molecule has 150 valence electrons. The maximum absolute atomic E-state index is 12.3. The van der Waals surface area contributed by atoms with Gasteiger partial charge in [0.15, 0.2) is 0 Å². The van der Waals surface area contributed by atoms with Crippen LogP contribution in [-0.4, -0.2) is 57.1 Å². The minimum atomic E-state index is -3.65. The summed E-state index contributed by atoms with van der Waals surface area (Å²) in [6.07, 6.45) is 0. The Morgan fingerprint density at radius 1 is 1.04 bits per heavy atom. The lowest BCUT2D eigenvalue weighted by atomic mass is 10.2. The maximum atomic E-state index is 12.3. The molecular formula is C19H22ClN3O4S. The first kappa shape index (κ1) is 21.9. The SMILES string of the molecule is CN(Cc1cccc(Cl)c1)C(=O)CNC(=O)c1cccc(S(=O)(=O)N(C)C)c1. The van der Waals surface area contributed by atoms with Crippen molar-refractivity contribution in [3.05, 3.63) is 64.7 Å². The Kier molecular flexibility index (Phi) is 7.17. The Labute approximate surface area is 169 Å². The molecule has 0 saturated heterocycles. The Balaban J connectivity index is 1.99. The van der Waals surface area contributed by atoms with Gasteiger partial charge in [0.25, 0.3) is 5.91 Å². The summed E-state index contributed by atoms with van der Waals surface area (Å²) in [5.74, 6) is -0.814. The third kappa shape index (κ3) is 5.54. The fourth-order valence-corrected chi connectivity index (χ4v) is 3.56. The number of sulfonamides is 1. The zero-order valence-corrected chi connectivity index (χ0v) is 17.4. The number of carbonyl (C=O) groups excluding carboxylic acids is 2. The molecule has 9 heteroatoms. The minimum Gasteiger partial charge on any atom is -0.343 e. The highest BCUT2D eigenvalue weighted by atomic mass is 35.5. The average Bonchev–Trinajstić information content (AvgIpc) is 2.65. The molecule has 28 heavy (non-hydrogen) atoms. The molecule has 0 fully saturated rings. The number of nitrogens with one attached hydrogen (secondary N) is 1. The van der Waals surface area contributed by atoms with E-state index in [1.165, 1.54) is 43.3 Å². The van der Waals surface area contributed by atoms with Gasteiger partial charge in [0, 0.05) is 38.3 Å². The van der Waals surface area contributed by atoms with Crippen molar-refractivity contribution in [3.8, 4) is 0 Å². The Morgan fingerprint density at radius 3 is 2.36 bits per heavy atom. The van der Waals surface area contributed by atoms with Crippen molar-refractivity contribution in [2.45, 2.75) is 11.4 Å². The maximum Gasteiger partial charge on any atom is 0.251 e. The van der Waals surface area contributed by atoms with Crippen LogP contribution in [0.3, 0.4) is 0 Å². The second-order valence-electron chi connectivity index (χ2n) is 6.38. The monoisotopic (exact) mass is 423 g/mol. The van der Waals surface area contributed by atoms with Crippen LogP contribution >= 0.6 is 11.6 Å². The summed E-state index contributed by atoms with van der Waals surface area (Å²) >= 11 is 5.94. The van der Waals surface area contributed by atoms with Gasteiger partial charge in [-0.25, -0.2) is 12.7 Å². The van der Waals surface area contributed by atoms with Crippen LogP contribution in [0.2, 0.25) is 5.02 Å². The first-order valence-corrected chi connectivity index (χ1v) is 10.2. The zero-order valence-electron chi connectivity index (χ0n) is 15.8. The molecule has 2 amide bonds. The van der Waals surface area contributed by atoms with Crippen molar-refractivity contribution < 1.29 is 18.0 Å². The van der Waals surface area contributed by atoms with E-state index in [1.807, 2.05) is 6.07 Å². The van der Waals surface area contributed by atoms with Gasteiger partial charge in [-0.3, -0.25) is 9.59 Å². The van der Waals surface area contributed by atoms with Crippen LogP contribution in [0.25, 0.3) is 0 Å². The van der Waals surface area contributed by atoms with Crippen LogP contribution in [-0.2, 0) is 21.4 Å². The summed E-state index contributed by atoms with van der Waals surface area (Å²) in [6, 6.07) is 12.8. The molecule has 0 aromatic heterocycles. The highest BCUT2D eigenvalue weighted by Gasteiger charge is 2.19. The Morgan fingerprint density at radius 2 is 1.71 bits per heavy atom. The summed E-state index contributed by atoms with van der Waals surface area (Å²) in [5.41, 5.74) is 1.03. The number of halogens is 1. The highest BCUT2D eigenvalue weighted by Crippen LogP contribution is 2.15. The van der Waals surface area contributed by atoms with Crippen molar-refractivity contribution >= 4 is 33.4 Å². The van der Waals surface area contributed by atoms with Gasteiger partial charge in [0.2, 0.25) is 15.9 Å². The molecule has 0 spiro atoms. The Hall–Kier alpha value is -2.42. The van der Waals surface area contributed by atoms with Gasteiger partial charge < -0.3 is 10.2 Å². The van der Waals surface area contributed by atoms with Crippen LogP contribution in [0.5, 0.6) is 0 Å². The summed E-state index contributed by atoms with van der Waals surface area (Å²) in [6.45, 7) is 0.145. The van der Waals surface area contributed by atoms with Gasteiger partial charge in [-0.1, -0.05) is 29.8 Å². The lowest BCUT2D eigenvalue weighted by Crippen LogP contribution is -2.37. The first-order chi connectivity index (χ1) is 13.1. The van der Waals surface area contributed by atoms with Gasteiger partial charge in [0.05, 0.1) is 11.4 Å². The van der Waals surface area contributed by atoms with Crippen LogP contribution < -0.4 is 5.32 Å². The van der Waals surface area contributed by atoms with E-state index >= 15 is 0 Å². The number of nitrogens with zero attached hydrogens (tertiary/aromatic N) is 2. The van der Waals surface area contributed by atoms with Crippen molar-refractivity contribution in [1.29, 1.82) is 0 Å². The fourth-order valence-electron chi connectivity index (χ4n) is 2.40. The molecular weight excluding hydrogens is 402 g/mol. The van der Waals surface area contributed by atoms with Crippen LogP contribution in [0, 0.1) is 0 Å². The third-order valence-corrected chi connectivity index (χ3v) is 6.06. The highest BCUT2D eigenvalue weighted by molar-refractivity contribution is 7.89. The van der Waals surface area contributed by atoms with E-state index < -0.39 is 15.9 Å². The molecule has 0 radical (unpaired) electrons. The van der Waals surface area contributed by atoms with E-state index in [0.717, 1.165) is 9.87 Å². The van der Waals surface area contributed by atoms with Crippen molar-refractivity contribution in [2.75, 3.05) is 27.7 Å². The second kappa shape index (κ2) is 9.18. The quantitative estimate of drug-likeness (QED) is 0.737. The van der Waals surface area contributed by atoms with E-state index in [4.69, 9.17) is 11.6 Å². The molecule has 0 bridgehead atoms. The van der Waals surface area contributed by atoms with Crippen LogP contribution in [0.1, 0.15) is 15.9 Å².